The number of hydrogen-bond acceptors (Lipinski definition) is 6. The largest absolute Gasteiger partial charge is 0.378 e. The van der Waals surface area contributed by atoms with Crippen LogP contribution in [0.5, 0.6) is 0 Å². The molecule has 1 aliphatic heterocycles. The first-order chi connectivity index (χ1) is 11.7. The number of aromatic nitrogens is 5. The summed E-state index contributed by atoms with van der Waals surface area (Å²) >= 11 is 6.30. The lowest BCUT2D eigenvalue weighted by Gasteiger charge is -2.27. The molecule has 1 fully saturated rings. The Labute approximate surface area is 144 Å². The number of benzene rings is 1. The molecule has 0 N–H and O–H groups in total. The lowest BCUT2D eigenvalue weighted by atomic mass is 10.2. The number of rotatable bonds is 3. The molecule has 0 amide bonds. The minimum Gasteiger partial charge on any atom is -0.378 e. The smallest absolute Gasteiger partial charge is 0.179 e. The van der Waals surface area contributed by atoms with Crippen LogP contribution < -0.4 is 4.90 Å². The summed E-state index contributed by atoms with van der Waals surface area (Å²) in [6.07, 6.45) is 0. The number of ether oxygens (including phenoxy) is 1. The van der Waals surface area contributed by atoms with Crippen molar-refractivity contribution in [3.8, 4) is 0 Å². The normalized spacial score (nSPS) is 15.2. The second kappa shape index (κ2) is 6.33. The highest BCUT2D eigenvalue weighted by Crippen LogP contribution is 2.26. The van der Waals surface area contributed by atoms with Crippen molar-refractivity contribution in [2.45, 2.75) is 13.5 Å². The molecule has 24 heavy (non-hydrogen) atoms. The molecular formula is C16H17ClN6O. The SMILES string of the molecule is Cc1nnc(N2CCOCC2)c2c1nnn2Cc1ccccc1Cl. The Balaban J connectivity index is 1.81. The lowest BCUT2D eigenvalue weighted by molar-refractivity contribution is 0.122. The number of anilines is 1. The fourth-order valence-electron chi connectivity index (χ4n) is 2.88. The molecule has 8 heteroatoms. The first-order valence-electron chi connectivity index (χ1n) is 7.86. The van der Waals surface area contributed by atoms with Gasteiger partial charge in [0.25, 0.3) is 0 Å². The Kier molecular flexibility index (Phi) is 4.03. The molecule has 0 radical (unpaired) electrons. The molecule has 124 valence electrons. The molecule has 0 aliphatic carbocycles. The van der Waals surface area contributed by atoms with E-state index in [1.165, 1.54) is 0 Å². The van der Waals surface area contributed by atoms with Gasteiger partial charge in [0, 0.05) is 18.1 Å². The molecule has 3 heterocycles. The third kappa shape index (κ3) is 2.70. The second-order valence-electron chi connectivity index (χ2n) is 5.74. The van der Waals surface area contributed by atoms with Crippen LogP contribution in [-0.4, -0.2) is 51.5 Å². The zero-order valence-electron chi connectivity index (χ0n) is 13.3. The standard InChI is InChI=1S/C16H17ClN6O/c1-11-14-15(16(20-18-11)22-6-8-24-9-7-22)23(21-19-14)10-12-4-2-3-5-13(12)17/h2-5H,6-10H2,1H3. The highest BCUT2D eigenvalue weighted by atomic mass is 35.5. The van der Waals surface area contributed by atoms with E-state index in [4.69, 9.17) is 16.3 Å². The van der Waals surface area contributed by atoms with Gasteiger partial charge in [-0.15, -0.1) is 10.2 Å². The molecule has 0 spiro atoms. The van der Waals surface area contributed by atoms with Gasteiger partial charge in [0.1, 0.15) is 11.0 Å². The molecule has 0 atom stereocenters. The van der Waals surface area contributed by atoms with E-state index in [0.717, 1.165) is 41.2 Å². The molecule has 3 aromatic rings. The molecule has 1 aromatic carbocycles. The van der Waals surface area contributed by atoms with Crippen molar-refractivity contribution in [1.29, 1.82) is 0 Å². The number of fused-ring (bicyclic) bond motifs is 1. The van der Waals surface area contributed by atoms with Crippen molar-refractivity contribution in [2.24, 2.45) is 0 Å². The average Bonchev–Trinajstić information content (AvgIpc) is 3.03. The van der Waals surface area contributed by atoms with Crippen molar-refractivity contribution in [3.63, 3.8) is 0 Å². The summed E-state index contributed by atoms with van der Waals surface area (Å²) in [7, 11) is 0. The molecule has 1 saturated heterocycles. The average molecular weight is 345 g/mol. The number of halogens is 1. The third-order valence-electron chi connectivity index (χ3n) is 4.17. The minimum absolute atomic E-state index is 0.540. The summed E-state index contributed by atoms with van der Waals surface area (Å²) < 4.78 is 7.28. The van der Waals surface area contributed by atoms with Crippen LogP contribution in [0.1, 0.15) is 11.3 Å². The van der Waals surface area contributed by atoms with Gasteiger partial charge >= 0.3 is 0 Å². The van der Waals surface area contributed by atoms with Gasteiger partial charge < -0.3 is 9.64 Å². The third-order valence-corrected chi connectivity index (χ3v) is 4.54. The van der Waals surface area contributed by atoms with Crippen LogP contribution in [0.25, 0.3) is 11.0 Å². The van der Waals surface area contributed by atoms with Gasteiger partial charge in [0.15, 0.2) is 5.82 Å². The van der Waals surface area contributed by atoms with Crippen molar-refractivity contribution in [2.75, 3.05) is 31.2 Å². The monoisotopic (exact) mass is 344 g/mol. The number of nitrogens with zero attached hydrogens (tertiary/aromatic N) is 6. The van der Waals surface area contributed by atoms with Crippen LogP contribution in [0.2, 0.25) is 5.02 Å². The topological polar surface area (TPSA) is 69.0 Å². The van der Waals surface area contributed by atoms with E-state index in [-0.39, 0.29) is 0 Å². The molecule has 4 rings (SSSR count). The summed E-state index contributed by atoms with van der Waals surface area (Å²) in [5.41, 5.74) is 3.43. The van der Waals surface area contributed by atoms with Crippen molar-refractivity contribution < 1.29 is 4.74 Å². The van der Waals surface area contributed by atoms with Gasteiger partial charge in [0.05, 0.1) is 25.5 Å². The van der Waals surface area contributed by atoms with E-state index in [2.05, 4.69) is 25.4 Å². The van der Waals surface area contributed by atoms with Gasteiger partial charge in [-0.25, -0.2) is 4.68 Å². The Morgan fingerprint density at radius 3 is 2.71 bits per heavy atom. The number of morpholine rings is 1. The van der Waals surface area contributed by atoms with Crippen molar-refractivity contribution in [3.05, 3.63) is 40.5 Å². The zero-order chi connectivity index (χ0) is 16.5. The van der Waals surface area contributed by atoms with E-state index in [0.29, 0.717) is 24.8 Å². The summed E-state index contributed by atoms with van der Waals surface area (Å²) in [6, 6.07) is 7.75. The van der Waals surface area contributed by atoms with E-state index < -0.39 is 0 Å². The van der Waals surface area contributed by atoms with E-state index >= 15 is 0 Å². The van der Waals surface area contributed by atoms with Crippen LogP contribution in [0.15, 0.2) is 24.3 Å². The predicted octanol–water partition coefficient (Wildman–Crippen LogP) is 2.07. The molecule has 0 bridgehead atoms. The first kappa shape index (κ1) is 15.3. The van der Waals surface area contributed by atoms with Crippen LogP contribution >= 0.6 is 11.6 Å². The van der Waals surface area contributed by atoms with Gasteiger partial charge in [-0.1, -0.05) is 35.0 Å². The summed E-state index contributed by atoms with van der Waals surface area (Å²) in [5.74, 6) is 0.802. The van der Waals surface area contributed by atoms with Crippen LogP contribution in [-0.2, 0) is 11.3 Å². The Hall–Kier alpha value is -2.25. The highest BCUT2D eigenvalue weighted by Gasteiger charge is 2.21. The van der Waals surface area contributed by atoms with Crippen LogP contribution in [0, 0.1) is 6.92 Å². The van der Waals surface area contributed by atoms with Gasteiger partial charge in [-0.2, -0.15) is 5.10 Å². The maximum atomic E-state index is 6.30. The van der Waals surface area contributed by atoms with Crippen LogP contribution in [0.3, 0.4) is 0 Å². The summed E-state index contributed by atoms with van der Waals surface area (Å²) in [6.45, 7) is 5.37. The molecule has 7 nitrogen and oxygen atoms in total. The molecule has 1 aliphatic rings. The maximum Gasteiger partial charge on any atom is 0.179 e. The quantitative estimate of drug-likeness (QED) is 0.724. The maximum absolute atomic E-state index is 6.30. The number of hydrogen-bond donors (Lipinski definition) is 0. The first-order valence-corrected chi connectivity index (χ1v) is 8.24. The van der Waals surface area contributed by atoms with Crippen molar-refractivity contribution in [1.82, 2.24) is 25.2 Å². The van der Waals surface area contributed by atoms with E-state index in [1.807, 2.05) is 35.9 Å². The molecule has 0 unspecified atom stereocenters. The highest BCUT2D eigenvalue weighted by molar-refractivity contribution is 6.31. The van der Waals surface area contributed by atoms with Gasteiger partial charge in [0.2, 0.25) is 0 Å². The molecule has 2 aromatic heterocycles. The summed E-state index contributed by atoms with van der Waals surface area (Å²) in [5, 5.41) is 18.0. The fraction of sp³-hybridized carbons (Fsp3) is 0.375. The van der Waals surface area contributed by atoms with E-state index in [1.54, 1.807) is 0 Å². The van der Waals surface area contributed by atoms with Crippen LogP contribution in [0.4, 0.5) is 5.82 Å². The Morgan fingerprint density at radius 2 is 1.92 bits per heavy atom. The van der Waals surface area contributed by atoms with Crippen molar-refractivity contribution >= 4 is 28.5 Å². The fourth-order valence-corrected chi connectivity index (χ4v) is 3.08. The van der Waals surface area contributed by atoms with E-state index in [9.17, 15) is 0 Å². The zero-order valence-corrected chi connectivity index (χ0v) is 14.1. The van der Waals surface area contributed by atoms with Gasteiger partial charge in [-0.05, 0) is 18.6 Å². The van der Waals surface area contributed by atoms with Gasteiger partial charge in [-0.3, -0.25) is 0 Å². The molecular weight excluding hydrogens is 328 g/mol. The summed E-state index contributed by atoms with van der Waals surface area (Å²) in [4.78, 5) is 2.17. The predicted molar refractivity (Wildman–Crippen MR) is 91.4 cm³/mol. The Morgan fingerprint density at radius 1 is 1.12 bits per heavy atom. The second-order valence-corrected chi connectivity index (χ2v) is 6.15. The molecule has 0 saturated carbocycles. The minimum atomic E-state index is 0.540. The number of aryl methyl sites for hydroxylation is 1. The Bertz CT molecular complexity index is 874. The lowest BCUT2D eigenvalue weighted by Crippen LogP contribution is -2.37.